The molecule has 3 N–H and O–H groups in total. The molecule has 4 rings (SSSR count). The Balaban J connectivity index is 1.55. The lowest BCUT2D eigenvalue weighted by Gasteiger charge is -2.39. The zero-order valence-corrected chi connectivity index (χ0v) is 17.9. The van der Waals surface area contributed by atoms with Crippen molar-refractivity contribution >= 4 is 33.8 Å². The summed E-state index contributed by atoms with van der Waals surface area (Å²) in [7, 11) is 0. The number of fused-ring (bicyclic) bond motifs is 2. The number of amides is 2. The summed E-state index contributed by atoms with van der Waals surface area (Å²) in [5.41, 5.74) is 9.11. The molecule has 0 fully saturated rings. The molecule has 1 aliphatic heterocycles. The standard InChI is InChI=1S/C23H26N4O2S/c1-14-11-17(22(25)29)15-7-5-6-9-19(15)27(14)13-21(28)26-23-18(12-24)16-8-3-2-4-10-20(16)30-23/h5-7,9,14,17H,2-4,8,10-11,13H2,1H3,(H2,25,29)(H,26,28)/t14-,17+/m0/s1. The van der Waals surface area contributed by atoms with Crippen molar-refractivity contribution in [3.63, 3.8) is 0 Å². The number of primary amides is 1. The number of nitrogens with two attached hydrogens (primary N) is 1. The van der Waals surface area contributed by atoms with E-state index in [9.17, 15) is 14.9 Å². The van der Waals surface area contributed by atoms with Crippen LogP contribution in [0.5, 0.6) is 0 Å². The zero-order chi connectivity index (χ0) is 21.3. The van der Waals surface area contributed by atoms with Crippen molar-refractivity contribution in [2.45, 2.75) is 57.4 Å². The molecule has 0 radical (unpaired) electrons. The number of rotatable bonds is 4. The summed E-state index contributed by atoms with van der Waals surface area (Å²) < 4.78 is 0. The Kier molecular flexibility index (Phi) is 5.78. The van der Waals surface area contributed by atoms with Gasteiger partial charge in [0.05, 0.1) is 18.0 Å². The third kappa shape index (κ3) is 3.80. The minimum atomic E-state index is -0.339. The highest BCUT2D eigenvalue weighted by molar-refractivity contribution is 7.16. The second-order valence-corrected chi connectivity index (χ2v) is 9.26. The highest BCUT2D eigenvalue weighted by atomic mass is 32.1. The number of nitrogens with one attached hydrogen (secondary N) is 1. The summed E-state index contributed by atoms with van der Waals surface area (Å²) in [5, 5.41) is 13.4. The average molecular weight is 423 g/mol. The van der Waals surface area contributed by atoms with E-state index < -0.39 is 0 Å². The van der Waals surface area contributed by atoms with Crippen molar-refractivity contribution in [3.8, 4) is 6.07 Å². The normalized spacial score (nSPS) is 20.5. The molecule has 30 heavy (non-hydrogen) atoms. The maximum absolute atomic E-state index is 13.0. The topological polar surface area (TPSA) is 99.2 Å². The molecule has 0 saturated heterocycles. The zero-order valence-electron chi connectivity index (χ0n) is 17.1. The molecule has 6 nitrogen and oxygen atoms in total. The lowest BCUT2D eigenvalue weighted by atomic mass is 9.85. The van der Waals surface area contributed by atoms with Crippen molar-refractivity contribution in [3.05, 3.63) is 45.8 Å². The Morgan fingerprint density at radius 1 is 1.27 bits per heavy atom. The van der Waals surface area contributed by atoms with Crippen molar-refractivity contribution in [1.29, 1.82) is 5.26 Å². The molecule has 7 heteroatoms. The van der Waals surface area contributed by atoms with Crippen LogP contribution in [0, 0.1) is 11.3 Å². The number of aryl methyl sites for hydroxylation is 1. The van der Waals surface area contributed by atoms with Crippen molar-refractivity contribution < 1.29 is 9.59 Å². The van der Waals surface area contributed by atoms with Gasteiger partial charge in [-0.15, -0.1) is 11.3 Å². The molecule has 2 aliphatic rings. The van der Waals surface area contributed by atoms with E-state index in [2.05, 4.69) is 11.4 Å². The first-order valence-corrected chi connectivity index (χ1v) is 11.3. The quantitative estimate of drug-likeness (QED) is 0.734. The van der Waals surface area contributed by atoms with Crippen LogP contribution in [0.25, 0.3) is 0 Å². The van der Waals surface area contributed by atoms with Crippen LogP contribution in [0.3, 0.4) is 0 Å². The maximum atomic E-state index is 13.0. The Hall–Kier alpha value is -2.85. The van der Waals surface area contributed by atoms with Gasteiger partial charge in [0.25, 0.3) is 0 Å². The van der Waals surface area contributed by atoms with Crippen LogP contribution in [0.1, 0.15) is 60.1 Å². The summed E-state index contributed by atoms with van der Waals surface area (Å²) >= 11 is 1.55. The van der Waals surface area contributed by atoms with Gasteiger partial charge in [0.2, 0.25) is 11.8 Å². The fourth-order valence-electron chi connectivity index (χ4n) is 4.66. The van der Waals surface area contributed by atoms with E-state index >= 15 is 0 Å². The fourth-order valence-corrected chi connectivity index (χ4v) is 5.91. The first-order valence-electron chi connectivity index (χ1n) is 10.5. The van der Waals surface area contributed by atoms with Gasteiger partial charge in [0.1, 0.15) is 11.1 Å². The van der Waals surface area contributed by atoms with Gasteiger partial charge in [-0.1, -0.05) is 24.6 Å². The van der Waals surface area contributed by atoms with Gasteiger partial charge in [-0.3, -0.25) is 9.59 Å². The molecule has 1 aromatic carbocycles. The van der Waals surface area contributed by atoms with Crippen molar-refractivity contribution in [2.24, 2.45) is 5.73 Å². The first kappa shape index (κ1) is 20.4. The minimum absolute atomic E-state index is 0.00126. The number of carbonyl (C=O) groups is 2. The van der Waals surface area contributed by atoms with Crippen molar-refractivity contribution in [1.82, 2.24) is 0 Å². The lowest BCUT2D eigenvalue weighted by Crippen LogP contribution is -2.45. The molecule has 2 aromatic rings. The third-order valence-corrected chi connectivity index (χ3v) is 7.38. The minimum Gasteiger partial charge on any atom is -0.369 e. The smallest absolute Gasteiger partial charge is 0.244 e. The lowest BCUT2D eigenvalue weighted by molar-refractivity contribution is -0.119. The Bertz CT molecular complexity index is 1020. The molecule has 0 bridgehead atoms. The number of para-hydroxylation sites is 1. The molecule has 2 heterocycles. The molecule has 2 amide bonds. The summed E-state index contributed by atoms with van der Waals surface area (Å²) in [6.07, 6.45) is 5.89. The van der Waals surface area contributed by atoms with E-state index in [1.165, 1.54) is 11.3 Å². The molecular formula is C23H26N4O2S. The molecular weight excluding hydrogens is 396 g/mol. The fraction of sp³-hybridized carbons (Fsp3) is 0.435. The maximum Gasteiger partial charge on any atom is 0.244 e. The van der Waals surface area contributed by atoms with Crippen LogP contribution in [-0.2, 0) is 22.4 Å². The molecule has 156 valence electrons. The summed E-state index contributed by atoms with van der Waals surface area (Å²) in [5.74, 6) is -0.826. The van der Waals surface area contributed by atoms with Gasteiger partial charge in [-0.2, -0.15) is 5.26 Å². The van der Waals surface area contributed by atoms with Crippen LogP contribution in [0.4, 0.5) is 10.7 Å². The largest absolute Gasteiger partial charge is 0.369 e. The highest BCUT2D eigenvalue weighted by Gasteiger charge is 2.34. The molecule has 2 atom stereocenters. The van der Waals surface area contributed by atoms with Gasteiger partial charge in [-0.05, 0) is 56.2 Å². The SMILES string of the molecule is C[C@H]1C[C@@H](C(N)=O)c2ccccc2N1CC(=O)Nc1sc2c(c1C#N)CCCCC2. The van der Waals surface area contributed by atoms with Crippen molar-refractivity contribution in [2.75, 3.05) is 16.8 Å². The van der Waals surface area contributed by atoms with E-state index in [1.807, 2.05) is 36.1 Å². The van der Waals surface area contributed by atoms with Gasteiger partial charge in [0.15, 0.2) is 0 Å². The number of nitrogens with zero attached hydrogens (tertiary/aromatic N) is 2. The Morgan fingerprint density at radius 2 is 2.03 bits per heavy atom. The monoisotopic (exact) mass is 422 g/mol. The number of anilines is 2. The van der Waals surface area contributed by atoms with E-state index in [0.717, 1.165) is 42.5 Å². The van der Waals surface area contributed by atoms with Gasteiger partial charge < -0.3 is 16.0 Å². The van der Waals surface area contributed by atoms with Crippen LogP contribution in [0.15, 0.2) is 24.3 Å². The number of hydrogen-bond donors (Lipinski definition) is 2. The van der Waals surface area contributed by atoms with E-state index in [1.54, 1.807) is 11.3 Å². The number of nitriles is 1. The predicted octanol–water partition coefficient (Wildman–Crippen LogP) is 3.69. The van der Waals surface area contributed by atoms with Gasteiger partial charge in [-0.25, -0.2) is 0 Å². The molecule has 1 aliphatic carbocycles. The predicted molar refractivity (Wildman–Crippen MR) is 119 cm³/mol. The van der Waals surface area contributed by atoms with E-state index in [-0.39, 0.29) is 30.3 Å². The summed E-state index contributed by atoms with van der Waals surface area (Å²) in [4.78, 5) is 28.1. The summed E-state index contributed by atoms with van der Waals surface area (Å²) in [6.45, 7) is 2.17. The number of carbonyl (C=O) groups excluding carboxylic acids is 2. The number of thiophene rings is 1. The highest BCUT2D eigenvalue weighted by Crippen LogP contribution is 2.39. The van der Waals surface area contributed by atoms with Crippen LogP contribution >= 0.6 is 11.3 Å². The van der Waals surface area contributed by atoms with Crippen LogP contribution < -0.4 is 16.0 Å². The van der Waals surface area contributed by atoms with E-state index in [0.29, 0.717) is 17.0 Å². The molecule has 1 aromatic heterocycles. The third-order valence-electron chi connectivity index (χ3n) is 6.17. The van der Waals surface area contributed by atoms with Crippen LogP contribution in [0.2, 0.25) is 0 Å². The average Bonchev–Trinajstić information content (AvgIpc) is 2.88. The number of hydrogen-bond acceptors (Lipinski definition) is 5. The van der Waals surface area contributed by atoms with Gasteiger partial charge >= 0.3 is 0 Å². The Labute approximate surface area is 180 Å². The molecule has 0 saturated carbocycles. The molecule has 0 spiro atoms. The first-order chi connectivity index (χ1) is 14.5. The van der Waals surface area contributed by atoms with Crippen LogP contribution in [-0.4, -0.2) is 24.4 Å². The second kappa shape index (κ2) is 8.49. The Morgan fingerprint density at radius 3 is 2.80 bits per heavy atom. The summed E-state index contributed by atoms with van der Waals surface area (Å²) in [6, 6.07) is 9.95. The van der Waals surface area contributed by atoms with E-state index in [4.69, 9.17) is 5.73 Å². The molecule has 0 unspecified atom stereocenters. The number of benzene rings is 1. The second-order valence-electron chi connectivity index (χ2n) is 8.15. The van der Waals surface area contributed by atoms with Gasteiger partial charge in [0, 0.05) is 16.6 Å².